The Balaban J connectivity index is 1.59. The Morgan fingerprint density at radius 3 is 2.46 bits per heavy atom. The van der Waals surface area contributed by atoms with Gasteiger partial charge >= 0.3 is 0 Å². The molecule has 0 radical (unpaired) electrons. The molecule has 2 aromatic carbocycles. The number of anilines is 1. The quantitative estimate of drug-likeness (QED) is 0.623. The summed E-state index contributed by atoms with van der Waals surface area (Å²) in [7, 11) is 4.05. The van der Waals surface area contributed by atoms with Gasteiger partial charge in [-0.2, -0.15) is 0 Å². The van der Waals surface area contributed by atoms with E-state index in [1.807, 2.05) is 44.1 Å². The second-order valence-electron chi connectivity index (χ2n) is 6.54. The lowest BCUT2D eigenvalue weighted by Gasteiger charge is -2.21. The fourth-order valence-electron chi connectivity index (χ4n) is 2.90. The van der Waals surface area contributed by atoms with Crippen LogP contribution >= 0.6 is 11.3 Å². The molecule has 4 nitrogen and oxygen atoms in total. The van der Waals surface area contributed by atoms with Crippen molar-refractivity contribution in [2.45, 2.75) is 26.3 Å². The third kappa shape index (κ3) is 4.41. The molecule has 0 atom stereocenters. The number of fused-ring (bicyclic) bond motifs is 1. The predicted molar refractivity (Wildman–Crippen MR) is 110 cm³/mol. The van der Waals surface area contributed by atoms with E-state index in [-0.39, 0.29) is 5.91 Å². The molecule has 0 N–H and O–H groups in total. The second-order valence-corrected chi connectivity index (χ2v) is 7.66. The summed E-state index contributed by atoms with van der Waals surface area (Å²) in [6.07, 6.45) is 1.21. The summed E-state index contributed by atoms with van der Waals surface area (Å²) in [5.41, 5.74) is 3.35. The highest BCUT2D eigenvalue weighted by atomic mass is 32.1. The highest BCUT2D eigenvalue weighted by molar-refractivity contribution is 7.18. The molecule has 0 spiro atoms. The minimum atomic E-state index is 0.184. The fourth-order valence-corrected chi connectivity index (χ4v) is 3.86. The molecule has 0 unspecified atom stereocenters. The van der Waals surface area contributed by atoms with Crippen molar-refractivity contribution in [2.75, 3.05) is 25.5 Å². The van der Waals surface area contributed by atoms with Crippen LogP contribution in [0.25, 0.3) is 10.2 Å². The topological polar surface area (TPSA) is 36.4 Å². The number of hydrogen-bond donors (Lipinski definition) is 0. The number of thiazole rings is 1. The first-order chi connectivity index (χ1) is 12.6. The van der Waals surface area contributed by atoms with Crippen molar-refractivity contribution in [3.8, 4) is 0 Å². The van der Waals surface area contributed by atoms with Gasteiger partial charge in [0.2, 0.25) is 5.91 Å². The third-order valence-electron chi connectivity index (χ3n) is 4.45. The Morgan fingerprint density at radius 1 is 1.08 bits per heavy atom. The number of amides is 1. The molecule has 3 rings (SSSR count). The van der Waals surface area contributed by atoms with Crippen LogP contribution in [0.3, 0.4) is 0 Å². The maximum absolute atomic E-state index is 12.6. The zero-order valence-corrected chi connectivity index (χ0v) is 16.4. The Bertz CT molecular complexity index is 837. The summed E-state index contributed by atoms with van der Waals surface area (Å²) in [4.78, 5) is 21.2. The van der Waals surface area contributed by atoms with E-state index in [1.165, 1.54) is 10.4 Å². The molecule has 0 saturated heterocycles. The van der Waals surface area contributed by atoms with E-state index in [0.29, 0.717) is 25.9 Å². The number of aromatic nitrogens is 1. The predicted octanol–water partition coefficient (Wildman–Crippen LogP) is 4.34. The van der Waals surface area contributed by atoms with Gasteiger partial charge in [0.25, 0.3) is 0 Å². The smallest absolute Gasteiger partial charge is 0.223 e. The van der Waals surface area contributed by atoms with Crippen LogP contribution < -0.4 is 4.90 Å². The monoisotopic (exact) mass is 367 g/mol. The van der Waals surface area contributed by atoms with E-state index >= 15 is 0 Å². The van der Waals surface area contributed by atoms with Crippen LogP contribution in [0.5, 0.6) is 0 Å². The van der Waals surface area contributed by atoms with Crippen molar-refractivity contribution in [2.24, 2.45) is 0 Å². The third-order valence-corrected chi connectivity index (χ3v) is 5.55. The van der Waals surface area contributed by atoms with E-state index in [9.17, 15) is 4.79 Å². The summed E-state index contributed by atoms with van der Waals surface area (Å²) >= 11 is 1.68. The molecular weight excluding hydrogens is 342 g/mol. The summed E-state index contributed by atoms with van der Waals surface area (Å²) in [6, 6.07) is 16.5. The van der Waals surface area contributed by atoms with Crippen molar-refractivity contribution < 1.29 is 4.79 Å². The molecule has 0 saturated carbocycles. The second kappa shape index (κ2) is 8.32. The van der Waals surface area contributed by atoms with Gasteiger partial charge < -0.3 is 9.80 Å². The molecule has 5 heteroatoms. The van der Waals surface area contributed by atoms with Gasteiger partial charge in [-0.25, -0.2) is 4.98 Å². The molecule has 1 aromatic heterocycles. The number of rotatable bonds is 7. The number of para-hydroxylation sites is 1. The van der Waals surface area contributed by atoms with Crippen LogP contribution in [0.4, 0.5) is 5.69 Å². The van der Waals surface area contributed by atoms with Crippen LogP contribution in [0.2, 0.25) is 0 Å². The maximum atomic E-state index is 12.6. The molecule has 0 bridgehead atoms. The fraction of sp³-hybridized carbons (Fsp3) is 0.333. The van der Waals surface area contributed by atoms with Crippen molar-refractivity contribution in [1.29, 1.82) is 0 Å². The number of carbonyl (C=O) groups is 1. The Kier molecular flexibility index (Phi) is 5.89. The molecular formula is C21H25N3OS. The zero-order valence-electron chi connectivity index (χ0n) is 15.6. The van der Waals surface area contributed by atoms with Crippen LogP contribution in [0.15, 0.2) is 48.5 Å². The molecule has 0 aliphatic carbocycles. The van der Waals surface area contributed by atoms with Crippen LogP contribution in [0.1, 0.15) is 23.9 Å². The lowest BCUT2D eigenvalue weighted by molar-refractivity contribution is -0.131. The molecule has 26 heavy (non-hydrogen) atoms. The van der Waals surface area contributed by atoms with Gasteiger partial charge in [0.05, 0.1) is 15.2 Å². The minimum absolute atomic E-state index is 0.184. The normalized spacial score (nSPS) is 10.9. The van der Waals surface area contributed by atoms with Crippen LogP contribution in [-0.2, 0) is 17.8 Å². The van der Waals surface area contributed by atoms with Crippen molar-refractivity contribution in [1.82, 2.24) is 9.88 Å². The molecule has 0 fully saturated rings. The Labute approximate surface area is 159 Å². The molecule has 1 heterocycles. The number of carbonyl (C=O) groups excluding carboxylic acids is 1. The maximum Gasteiger partial charge on any atom is 0.223 e. The van der Waals surface area contributed by atoms with Crippen LogP contribution in [0, 0.1) is 0 Å². The number of hydrogen-bond acceptors (Lipinski definition) is 4. The number of nitrogens with zero attached hydrogens (tertiary/aromatic N) is 3. The summed E-state index contributed by atoms with van der Waals surface area (Å²) < 4.78 is 1.18. The highest BCUT2D eigenvalue weighted by Crippen LogP contribution is 2.23. The lowest BCUT2D eigenvalue weighted by Crippen LogP contribution is -2.30. The standard InChI is InChI=1S/C21H25N3OS/c1-4-24(15-16-9-11-17(12-10-16)23(2)3)21(25)14-13-20-22-18-7-5-6-8-19(18)26-20/h5-12H,4,13-15H2,1-3H3. The summed E-state index contributed by atoms with van der Waals surface area (Å²) in [6.45, 7) is 3.40. The first-order valence-electron chi connectivity index (χ1n) is 8.95. The van der Waals surface area contributed by atoms with E-state index in [2.05, 4.69) is 40.2 Å². The Hall–Kier alpha value is -2.40. The zero-order chi connectivity index (χ0) is 18.5. The average Bonchev–Trinajstić information content (AvgIpc) is 3.07. The highest BCUT2D eigenvalue weighted by Gasteiger charge is 2.14. The van der Waals surface area contributed by atoms with Crippen molar-refractivity contribution in [3.05, 3.63) is 59.1 Å². The van der Waals surface area contributed by atoms with Gasteiger partial charge in [-0.15, -0.1) is 11.3 Å². The Morgan fingerprint density at radius 2 is 1.81 bits per heavy atom. The molecule has 136 valence electrons. The average molecular weight is 368 g/mol. The van der Waals surface area contributed by atoms with Gasteiger partial charge in [-0.1, -0.05) is 24.3 Å². The minimum Gasteiger partial charge on any atom is -0.378 e. The SMILES string of the molecule is CCN(Cc1ccc(N(C)C)cc1)C(=O)CCc1nc2ccccc2s1. The molecule has 0 aliphatic rings. The molecule has 0 aliphatic heterocycles. The van der Waals surface area contributed by atoms with E-state index in [1.54, 1.807) is 11.3 Å². The first kappa shape index (κ1) is 18.4. The lowest BCUT2D eigenvalue weighted by atomic mass is 10.1. The molecule has 1 amide bonds. The number of aryl methyl sites for hydroxylation is 1. The first-order valence-corrected chi connectivity index (χ1v) is 9.77. The largest absolute Gasteiger partial charge is 0.378 e. The van der Waals surface area contributed by atoms with Crippen LogP contribution in [-0.4, -0.2) is 36.4 Å². The van der Waals surface area contributed by atoms with Gasteiger partial charge in [-0.05, 0) is 36.8 Å². The van der Waals surface area contributed by atoms with E-state index < -0.39 is 0 Å². The van der Waals surface area contributed by atoms with Crippen molar-refractivity contribution in [3.63, 3.8) is 0 Å². The summed E-state index contributed by atoms with van der Waals surface area (Å²) in [5.74, 6) is 0.184. The molecule has 3 aromatic rings. The van der Waals surface area contributed by atoms with E-state index in [0.717, 1.165) is 16.1 Å². The van der Waals surface area contributed by atoms with Crippen molar-refractivity contribution >= 4 is 33.1 Å². The van der Waals surface area contributed by atoms with Gasteiger partial charge in [0.1, 0.15) is 0 Å². The van der Waals surface area contributed by atoms with Gasteiger partial charge in [0, 0.05) is 45.7 Å². The van der Waals surface area contributed by atoms with Gasteiger partial charge in [0.15, 0.2) is 0 Å². The van der Waals surface area contributed by atoms with Gasteiger partial charge in [-0.3, -0.25) is 4.79 Å². The summed E-state index contributed by atoms with van der Waals surface area (Å²) in [5, 5.41) is 1.03. The van der Waals surface area contributed by atoms with E-state index in [4.69, 9.17) is 0 Å². The number of benzene rings is 2.